The Morgan fingerprint density at radius 1 is 1.16 bits per heavy atom. The Morgan fingerprint density at radius 3 is 2.44 bits per heavy atom. The summed E-state index contributed by atoms with van der Waals surface area (Å²) in [6, 6.07) is 17.4. The van der Waals surface area contributed by atoms with Crippen LogP contribution in [0.15, 0.2) is 73.1 Å². The topological polar surface area (TPSA) is 111 Å². The van der Waals surface area contributed by atoms with Crippen molar-refractivity contribution in [2.45, 2.75) is 31.6 Å². The first-order valence-electron chi connectivity index (χ1n) is 10.2. The highest BCUT2D eigenvalue weighted by atomic mass is 16.6. The number of aliphatic carboxylic acids is 1. The molecule has 32 heavy (non-hydrogen) atoms. The van der Waals surface area contributed by atoms with Gasteiger partial charge in [0.2, 0.25) is 0 Å². The number of nitro benzene ring substituents is 1. The molecule has 0 saturated heterocycles. The zero-order valence-electron chi connectivity index (χ0n) is 17.7. The molecule has 0 aliphatic heterocycles. The SMILES string of the molecule is CCC(c1ccccc1)[C@](C)(C(=O)O)c1ccnc2c(-c3ccc([N+](=O)[O-])cc3)cnn12. The molecule has 2 aromatic heterocycles. The highest BCUT2D eigenvalue weighted by Gasteiger charge is 2.45. The fourth-order valence-electron chi connectivity index (χ4n) is 4.35. The van der Waals surface area contributed by atoms with E-state index in [0.29, 0.717) is 28.9 Å². The molecule has 2 atom stereocenters. The summed E-state index contributed by atoms with van der Waals surface area (Å²) in [7, 11) is 0. The zero-order valence-corrected chi connectivity index (χ0v) is 17.7. The lowest BCUT2D eigenvalue weighted by atomic mass is 9.69. The first-order chi connectivity index (χ1) is 15.4. The second kappa shape index (κ2) is 8.22. The van der Waals surface area contributed by atoms with Crippen LogP contribution in [0.5, 0.6) is 0 Å². The quantitative estimate of drug-likeness (QED) is 0.332. The van der Waals surface area contributed by atoms with E-state index in [9.17, 15) is 20.0 Å². The predicted molar refractivity (Wildman–Crippen MR) is 120 cm³/mol. The monoisotopic (exact) mass is 430 g/mol. The average Bonchev–Trinajstić information content (AvgIpc) is 3.24. The second-order valence-corrected chi connectivity index (χ2v) is 7.81. The first-order valence-corrected chi connectivity index (χ1v) is 10.2. The predicted octanol–water partition coefficient (Wildman–Crippen LogP) is 4.84. The zero-order chi connectivity index (χ0) is 22.9. The number of nitrogens with zero attached hydrogens (tertiary/aromatic N) is 4. The van der Waals surface area contributed by atoms with E-state index in [2.05, 4.69) is 10.1 Å². The lowest BCUT2D eigenvalue weighted by molar-refractivity contribution is -0.384. The van der Waals surface area contributed by atoms with Gasteiger partial charge >= 0.3 is 5.97 Å². The molecule has 8 heteroatoms. The van der Waals surface area contributed by atoms with Crippen molar-refractivity contribution in [1.82, 2.24) is 14.6 Å². The van der Waals surface area contributed by atoms with Crippen LogP contribution in [0.25, 0.3) is 16.8 Å². The Bertz CT molecular complexity index is 1280. The van der Waals surface area contributed by atoms with Crippen LogP contribution in [0.2, 0.25) is 0 Å². The number of fused-ring (bicyclic) bond motifs is 1. The van der Waals surface area contributed by atoms with E-state index in [1.54, 1.807) is 42.0 Å². The molecule has 8 nitrogen and oxygen atoms in total. The number of rotatable bonds is 7. The second-order valence-electron chi connectivity index (χ2n) is 7.81. The molecule has 162 valence electrons. The minimum absolute atomic E-state index is 0.00836. The van der Waals surface area contributed by atoms with Crippen molar-refractivity contribution in [3.8, 4) is 11.1 Å². The standard InChI is InChI=1S/C24H22N4O4/c1-3-20(17-7-5-4-6-8-17)24(2,23(29)30)21-13-14-25-22-19(15-26-27(21)22)16-9-11-18(12-10-16)28(31)32/h4-15,20H,3H2,1-2H3,(H,29,30)/t20?,24-/m0/s1. The number of carbonyl (C=O) groups is 1. The molecule has 0 radical (unpaired) electrons. The van der Waals surface area contributed by atoms with Gasteiger partial charge in [0, 0.05) is 29.8 Å². The molecular weight excluding hydrogens is 408 g/mol. The molecule has 4 aromatic rings. The Hall–Kier alpha value is -4.07. The lowest BCUT2D eigenvalue weighted by Crippen LogP contribution is -2.40. The van der Waals surface area contributed by atoms with E-state index in [0.717, 1.165) is 5.56 Å². The van der Waals surface area contributed by atoms with Crippen molar-refractivity contribution in [3.63, 3.8) is 0 Å². The molecule has 0 spiro atoms. The van der Waals surface area contributed by atoms with E-state index >= 15 is 0 Å². The van der Waals surface area contributed by atoms with Gasteiger partial charge < -0.3 is 5.11 Å². The largest absolute Gasteiger partial charge is 0.481 e. The molecule has 2 heterocycles. The number of hydrogen-bond acceptors (Lipinski definition) is 5. The molecule has 0 fully saturated rings. The van der Waals surface area contributed by atoms with Crippen LogP contribution >= 0.6 is 0 Å². The van der Waals surface area contributed by atoms with Gasteiger partial charge in [-0.25, -0.2) is 9.50 Å². The lowest BCUT2D eigenvalue weighted by Gasteiger charge is -2.34. The number of nitro groups is 1. The van der Waals surface area contributed by atoms with Crippen LogP contribution in [-0.2, 0) is 10.2 Å². The molecule has 1 N–H and O–H groups in total. The maximum atomic E-state index is 12.7. The molecule has 1 unspecified atom stereocenters. The Kier molecular flexibility index (Phi) is 5.44. The van der Waals surface area contributed by atoms with Crippen molar-refractivity contribution in [3.05, 3.63) is 94.4 Å². The van der Waals surface area contributed by atoms with Crippen molar-refractivity contribution < 1.29 is 14.8 Å². The van der Waals surface area contributed by atoms with Crippen LogP contribution < -0.4 is 0 Å². The van der Waals surface area contributed by atoms with E-state index in [4.69, 9.17) is 0 Å². The average molecular weight is 430 g/mol. The van der Waals surface area contributed by atoms with Gasteiger partial charge in [0.05, 0.1) is 16.8 Å². The number of aromatic nitrogens is 3. The number of non-ortho nitro benzene ring substituents is 1. The maximum Gasteiger partial charge on any atom is 0.316 e. The van der Waals surface area contributed by atoms with Crippen molar-refractivity contribution in [2.75, 3.05) is 0 Å². The van der Waals surface area contributed by atoms with Crippen LogP contribution in [0.1, 0.15) is 37.4 Å². The minimum atomic E-state index is -1.27. The summed E-state index contributed by atoms with van der Waals surface area (Å²) in [5, 5.41) is 25.8. The fourth-order valence-corrected chi connectivity index (χ4v) is 4.35. The smallest absolute Gasteiger partial charge is 0.316 e. The van der Waals surface area contributed by atoms with E-state index in [1.165, 1.54) is 12.1 Å². The van der Waals surface area contributed by atoms with Gasteiger partial charge in [-0.2, -0.15) is 5.10 Å². The fraction of sp³-hybridized carbons (Fsp3) is 0.208. The van der Waals surface area contributed by atoms with Crippen LogP contribution in [0, 0.1) is 10.1 Å². The van der Waals surface area contributed by atoms with Gasteiger partial charge in [-0.15, -0.1) is 0 Å². The summed E-state index contributed by atoms with van der Waals surface area (Å²) in [4.78, 5) is 27.6. The maximum absolute atomic E-state index is 12.7. The summed E-state index contributed by atoms with van der Waals surface area (Å²) >= 11 is 0. The third-order valence-corrected chi connectivity index (χ3v) is 6.07. The molecule has 4 rings (SSSR count). The van der Waals surface area contributed by atoms with Crippen LogP contribution in [0.4, 0.5) is 5.69 Å². The summed E-state index contributed by atoms with van der Waals surface area (Å²) < 4.78 is 1.57. The number of hydrogen-bond donors (Lipinski definition) is 1. The molecule has 0 bridgehead atoms. The summed E-state index contributed by atoms with van der Waals surface area (Å²) in [6.07, 6.45) is 3.81. The van der Waals surface area contributed by atoms with E-state index in [1.807, 2.05) is 37.3 Å². The van der Waals surface area contributed by atoms with Crippen molar-refractivity contribution in [2.24, 2.45) is 0 Å². The van der Waals surface area contributed by atoms with Crippen LogP contribution in [0.3, 0.4) is 0 Å². The molecule has 0 aliphatic rings. The number of benzene rings is 2. The Morgan fingerprint density at radius 2 is 1.84 bits per heavy atom. The summed E-state index contributed by atoms with van der Waals surface area (Å²) in [5.41, 5.74) is 2.05. The molecular formula is C24H22N4O4. The number of carboxylic acid groups (broad SMARTS) is 1. The Balaban J connectivity index is 1.88. The van der Waals surface area contributed by atoms with E-state index in [-0.39, 0.29) is 11.6 Å². The normalized spacial score (nSPS) is 14.1. The van der Waals surface area contributed by atoms with Gasteiger partial charge in [0.1, 0.15) is 5.41 Å². The van der Waals surface area contributed by atoms with Gasteiger partial charge in [0.15, 0.2) is 5.65 Å². The summed E-state index contributed by atoms with van der Waals surface area (Å²) in [6.45, 7) is 3.70. The third-order valence-electron chi connectivity index (χ3n) is 6.07. The third kappa shape index (κ3) is 3.39. The highest BCUT2D eigenvalue weighted by molar-refractivity contribution is 5.83. The highest BCUT2D eigenvalue weighted by Crippen LogP contribution is 2.42. The molecule has 0 amide bonds. The minimum Gasteiger partial charge on any atom is -0.481 e. The van der Waals surface area contributed by atoms with E-state index < -0.39 is 16.3 Å². The van der Waals surface area contributed by atoms with Crippen molar-refractivity contribution >= 4 is 17.3 Å². The number of carboxylic acids is 1. The molecule has 0 aliphatic carbocycles. The van der Waals surface area contributed by atoms with Gasteiger partial charge in [-0.05, 0) is 42.7 Å². The van der Waals surface area contributed by atoms with Crippen molar-refractivity contribution in [1.29, 1.82) is 0 Å². The van der Waals surface area contributed by atoms with Gasteiger partial charge in [-0.3, -0.25) is 14.9 Å². The Labute approximate surface area is 184 Å². The molecule has 2 aromatic carbocycles. The van der Waals surface area contributed by atoms with Gasteiger partial charge in [-0.1, -0.05) is 37.3 Å². The first kappa shape index (κ1) is 21.2. The van der Waals surface area contributed by atoms with Crippen LogP contribution in [-0.4, -0.2) is 30.6 Å². The molecule has 0 saturated carbocycles. The summed E-state index contributed by atoms with van der Waals surface area (Å²) in [5.74, 6) is -1.24. The van der Waals surface area contributed by atoms with Gasteiger partial charge in [0.25, 0.3) is 5.69 Å².